The molecule has 5 heteroatoms. The summed E-state index contributed by atoms with van der Waals surface area (Å²) < 4.78 is 2.30. The van der Waals surface area contributed by atoms with Crippen molar-refractivity contribution in [3.63, 3.8) is 0 Å². The fraction of sp³-hybridized carbons (Fsp3) is 0.154. The van der Waals surface area contributed by atoms with Crippen molar-refractivity contribution in [3.8, 4) is 33.8 Å². The molecular formula is C39H36Ir2N3-. The summed E-state index contributed by atoms with van der Waals surface area (Å²) in [6, 6.07) is 45.5. The second kappa shape index (κ2) is 18.3. The first-order valence-electron chi connectivity index (χ1n) is 14.6. The number of unbranched alkanes of at least 4 members (excludes halogenated alkanes) is 1. The summed E-state index contributed by atoms with van der Waals surface area (Å²) in [5.41, 5.74) is 10.9. The minimum absolute atomic E-state index is 0. The average molecular weight is 931 g/mol. The predicted octanol–water partition coefficient (Wildman–Crippen LogP) is 8.75. The minimum atomic E-state index is 0. The van der Waals surface area contributed by atoms with E-state index in [-0.39, 0.29) is 40.2 Å². The van der Waals surface area contributed by atoms with Crippen LogP contribution in [0.25, 0.3) is 33.8 Å². The first-order valence-corrected chi connectivity index (χ1v) is 14.6. The number of aryl methyl sites for hydroxylation is 2. The first kappa shape index (κ1) is 34.9. The SMILES string of the molecule is CCCCc1c[c-]c(-c2ccccn2)cc1.Cc1ccc2c(c1)C[n+]1ccccc1-2.[Ir].[Ir].[c-]1ccccc1-c1ccccn1. The molecule has 0 amide bonds. The molecule has 0 unspecified atom stereocenters. The molecular weight excluding hydrogens is 895 g/mol. The van der Waals surface area contributed by atoms with Crippen LogP contribution in [-0.2, 0) is 53.2 Å². The van der Waals surface area contributed by atoms with E-state index >= 15 is 0 Å². The normalized spacial score (nSPS) is 10.3. The van der Waals surface area contributed by atoms with Gasteiger partial charge in [0.05, 0.1) is 5.56 Å². The van der Waals surface area contributed by atoms with E-state index in [0.717, 1.165) is 35.5 Å². The summed E-state index contributed by atoms with van der Waals surface area (Å²) in [4.78, 5) is 8.53. The van der Waals surface area contributed by atoms with Gasteiger partial charge in [0.25, 0.3) is 0 Å². The number of nitrogens with zero attached hydrogens (tertiary/aromatic N) is 3. The number of fused-ring (bicyclic) bond motifs is 3. The van der Waals surface area contributed by atoms with Gasteiger partial charge < -0.3 is 9.97 Å². The third-order valence-electron chi connectivity index (χ3n) is 7.10. The smallest absolute Gasteiger partial charge is 0.213 e. The summed E-state index contributed by atoms with van der Waals surface area (Å²) in [6.07, 6.45) is 9.38. The quantitative estimate of drug-likeness (QED) is 0.128. The molecule has 0 atom stereocenters. The molecule has 0 aliphatic carbocycles. The van der Waals surface area contributed by atoms with Crippen LogP contribution in [0.15, 0.2) is 134 Å². The molecule has 0 spiro atoms. The largest absolute Gasteiger partial charge is 0.305 e. The van der Waals surface area contributed by atoms with E-state index in [9.17, 15) is 0 Å². The van der Waals surface area contributed by atoms with E-state index in [0.29, 0.717) is 0 Å². The Balaban J connectivity index is 0.000000178. The van der Waals surface area contributed by atoms with Gasteiger partial charge in [-0.1, -0.05) is 62.1 Å². The van der Waals surface area contributed by atoms with Gasteiger partial charge in [0.1, 0.15) is 0 Å². The monoisotopic (exact) mass is 932 g/mol. The topological polar surface area (TPSA) is 29.7 Å². The van der Waals surface area contributed by atoms with Gasteiger partial charge in [-0.3, -0.25) is 0 Å². The molecule has 1 aliphatic rings. The van der Waals surface area contributed by atoms with E-state index in [1.165, 1.54) is 40.8 Å². The van der Waals surface area contributed by atoms with E-state index in [1.807, 2.05) is 66.9 Å². The zero-order chi connectivity index (χ0) is 29.0. The first-order chi connectivity index (χ1) is 20.7. The molecule has 0 N–H and O–H groups in total. The maximum Gasteiger partial charge on any atom is 0.213 e. The molecule has 3 nitrogen and oxygen atoms in total. The Labute approximate surface area is 289 Å². The summed E-state index contributed by atoms with van der Waals surface area (Å²) in [7, 11) is 0. The molecule has 1 aliphatic heterocycles. The van der Waals surface area contributed by atoms with Crippen molar-refractivity contribution >= 4 is 0 Å². The van der Waals surface area contributed by atoms with Crippen molar-refractivity contribution in [3.05, 3.63) is 163 Å². The number of benzene rings is 3. The Morgan fingerprint density at radius 1 is 0.727 bits per heavy atom. The van der Waals surface area contributed by atoms with Crippen LogP contribution < -0.4 is 4.57 Å². The van der Waals surface area contributed by atoms with E-state index in [1.54, 1.807) is 6.20 Å². The number of aromatic nitrogens is 3. The Kier molecular flexibility index (Phi) is 14.5. The Hall–Kier alpha value is -3.59. The number of pyridine rings is 3. The molecule has 44 heavy (non-hydrogen) atoms. The third-order valence-corrected chi connectivity index (χ3v) is 7.10. The van der Waals surface area contributed by atoms with Gasteiger partial charge >= 0.3 is 0 Å². The second-order valence-electron chi connectivity index (χ2n) is 10.3. The van der Waals surface area contributed by atoms with E-state index < -0.39 is 0 Å². The van der Waals surface area contributed by atoms with Crippen molar-refractivity contribution in [2.24, 2.45) is 0 Å². The van der Waals surface area contributed by atoms with Gasteiger partial charge in [-0.15, -0.1) is 71.3 Å². The van der Waals surface area contributed by atoms with Gasteiger partial charge in [-0.25, -0.2) is 0 Å². The fourth-order valence-corrected chi connectivity index (χ4v) is 4.90. The number of rotatable bonds is 5. The maximum atomic E-state index is 4.31. The molecule has 226 valence electrons. The van der Waals surface area contributed by atoms with Crippen molar-refractivity contribution in [2.75, 3.05) is 0 Å². The molecule has 4 heterocycles. The van der Waals surface area contributed by atoms with Crippen LogP contribution in [0.4, 0.5) is 0 Å². The summed E-state index contributed by atoms with van der Waals surface area (Å²) in [5, 5.41) is 0. The van der Waals surface area contributed by atoms with Crippen LogP contribution in [-0.4, -0.2) is 9.97 Å². The molecule has 0 fully saturated rings. The molecule has 3 aromatic heterocycles. The maximum absolute atomic E-state index is 4.31. The van der Waals surface area contributed by atoms with Crippen LogP contribution in [0.3, 0.4) is 0 Å². The van der Waals surface area contributed by atoms with Crippen LogP contribution in [0.5, 0.6) is 0 Å². The van der Waals surface area contributed by atoms with Crippen LogP contribution in [0.1, 0.15) is 36.5 Å². The Morgan fingerprint density at radius 2 is 1.43 bits per heavy atom. The Morgan fingerprint density at radius 3 is 2.05 bits per heavy atom. The summed E-state index contributed by atoms with van der Waals surface area (Å²) in [5.74, 6) is 0. The zero-order valence-corrected chi connectivity index (χ0v) is 29.8. The van der Waals surface area contributed by atoms with Crippen molar-refractivity contribution in [1.29, 1.82) is 0 Å². The summed E-state index contributed by atoms with van der Waals surface area (Å²) >= 11 is 0. The summed E-state index contributed by atoms with van der Waals surface area (Å²) in [6.45, 7) is 5.38. The second-order valence-corrected chi connectivity index (χ2v) is 10.3. The zero-order valence-electron chi connectivity index (χ0n) is 25.0. The fourth-order valence-electron chi connectivity index (χ4n) is 4.90. The molecule has 0 saturated heterocycles. The van der Waals surface area contributed by atoms with Gasteiger partial charge in [0.15, 0.2) is 12.7 Å². The Bertz CT molecular complexity index is 1640. The predicted molar refractivity (Wildman–Crippen MR) is 172 cm³/mol. The van der Waals surface area contributed by atoms with Crippen molar-refractivity contribution in [1.82, 2.24) is 9.97 Å². The standard InChI is InChI=1S/C15H16N.C13H12N.C11H8N.2Ir/c1-2-3-6-13-8-10-14(11-9-13)15-7-4-5-12-16-15;1-10-5-6-12-11(8-10)9-14-7-3-2-4-13(12)14;1-2-6-10(7-3-1)11-8-4-5-9-12-11;;/h4-5,7-10,12H,2-3,6H2,1H3;2-8H,9H2,1H3;1-6,8-9H;;/q-1;+1;-1;;. The van der Waals surface area contributed by atoms with E-state index in [2.05, 4.69) is 101 Å². The van der Waals surface area contributed by atoms with E-state index in [4.69, 9.17) is 0 Å². The van der Waals surface area contributed by atoms with Crippen LogP contribution in [0.2, 0.25) is 0 Å². The molecule has 2 radical (unpaired) electrons. The van der Waals surface area contributed by atoms with Crippen LogP contribution in [0, 0.1) is 19.1 Å². The number of hydrogen-bond acceptors (Lipinski definition) is 2. The third kappa shape index (κ3) is 9.71. The van der Waals surface area contributed by atoms with Crippen LogP contribution >= 0.6 is 0 Å². The molecule has 3 aromatic carbocycles. The van der Waals surface area contributed by atoms with Crippen molar-refractivity contribution < 1.29 is 44.8 Å². The van der Waals surface area contributed by atoms with Gasteiger partial charge in [0, 0.05) is 70.3 Å². The molecule has 0 saturated carbocycles. The molecule has 7 rings (SSSR count). The average Bonchev–Trinajstić information content (AvgIpc) is 3.43. The van der Waals surface area contributed by atoms with Crippen molar-refractivity contribution in [2.45, 2.75) is 39.7 Å². The van der Waals surface area contributed by atoms with Gasteiger partial charge in [-0.05, 0) is 48.6 Å². The van der Waals surface area contributed by atoms with Gasteiger partial charge in [0.2, 0.25) is 5.69 Å². The minimum Gasteiger partial charge on any atom is -0.305 e. The van der Waals surface area contributed by atoms with Gasteiger partial charge in [-0.2, -0.15) is 4.57 Å². The number of hydrogen-bond donors (Lipinski definition) is 0. The molecule has 0 bridgehead atoms. The molecule has 6 aromatic rings.